The van der Waals surface area contributed by atoms with Crippen molar-refractivity contribution in [1.29, 1.82) is 0 Å². The summed E-state index contributed by atoms with van der Waals surface area (Å²) in [5, 5.41) is 0.666. The van der Waals surface area contributed by atoms with Crippen LogP contribution in [-0.4, -0.2) is 57.6 Å². The maximum Gasteiger partial charge on any atom is 0.269 e. The fraction of sp³-hybridized carbons (Fsp3) is 0.391. The zero-order valence-electron chi connectivity index (χ0n) is 18.1. The van der Waals surface area contributed by atoms with E-state index in [4.69, 9.17) is 4.98 Å². The van der Waals surface area contributed by atoms with Crippen molar-refractivity contribution in [2.75, 3.05) is 19.6 Å². The molecule has 0 unspecified atom stereocenters. The van der Waals surface area contributed by atoms with Crippen LogP contribution in [0, 0.1) is 0 Å². The highest BCUT2D eigenvalue weighted by Gasteiger charge is 2.33. The fourth-order valence-corrected chi connectivity index (χ4v) is 6.06. The fourth-order valence-electron chi connectivity index (χ4n) is 4.74. The van der Waals surface area contributed by atoms with Gasteiger partial charge in [0.05, 0.1) is 22.7 Å². The minimum atomic E-state index is -3.81. The molecule has 5 rings (SSSR count). The van der Waals surface area contributed by atoms with Crippen molar-refractivity contribution < 1.29 is 12.8 Å². The molecule has 0 amide bonds. The van der Waals surface area contributed by atoms with Crippen molar-refractivity contribution in [2.45, 2.75) is 43.8 Å². The van der Waals surface area contributed by atoms with Crippen LogP contribution < -0.4 is 0 Å². The van der Waals surface area contributed by atoms with Gasteiger partial charge in [0.1, 0.15) is 17.5 Å². The summed E-state index contributed by atoms with van der Waals surface area (Å²) in [6, 6.07) is 9.70. The van der Waals surface area contributed by atoms with E-state index in [9.17, 15) is 8.42 Å². The first kappa shape index (κ1) is 21.1. The van der Waals surface area contributed by atoms with Gasteiger partial charge in [-0.05, 0) is 31.2 Å². The Kier molecular flexibility index (Phi) is 5.25. The number of pyridine rings is 1. The van der Waals surface area contributed by atoms with Crippen molar-refractivity contribution in [3.05, 3.63) is 54.6 Å². The summed E-state index contributed by atoms with van der Waals surface area (Å²) in [7, 11) is -3.81. The predicted molar refractivity (Wildman–Crippen MR) is 122 cm³/mol. The number of hydrogen-bond donors (Lipinski definition) is 0. The Morgan fingerprint density at radius 3 is 2.62 bits per heavy atom. The van der Waals surface area contributed by atoms with E-state index in [1.165, 1.54) is 10.2 Å². The number of hydrogen-bond acceptors (Lipinski definition) is 5. The lowest BCUT2D eigenvalue weighted by Crippen LogP contribution is -2.42. The molecule has 1 aliphatic heterocycles. The highest BCUT2D eigenvalue weighted by Crippen LogP contribution is 2.35. The van der Waals surface area contributed by atoms with Gasteiger partial charge in [-0.1, -0.05) is 32.0 Å². The summed E-state index contributed by atoms with van der Waals surface area (Å²) in [5.74, 6) is 0.797. The first-order valence-corrected chi connectivity index (χ1v) is 12.4. The Labute approximate surface area is 186 Å². The zero-order valence-corrected chi connectivity index (χ0v) is 19.0. The third kappa shape index (κ3) is 3.22. The van der Waals surface area contributed by atoms with E-state index in [2.05, 4.69) is 9.88 Å². The molecule has 0 N–H and O–H groups in total. The summed E-state index contributed by atoms with van der Waals surface area (Å²) in [6.07, 6.45) is 3.43. The molecular formula is C23H26FN5O2S. The van der Waals surface area contributed by atoms with Crippen LogP contribution in [0.5, 0.6) is 0 Å². The van der Waals surface area contributed by atoms with Gasteiger partial charge in [-0.25, -0.2) is 26.7 Å². The number of aryl methyl sites for hydroxylation is 1. The van der Waals surface area contributed by atoms with E-state index in [1.54, 1.807) is 42.6 Å². The molecule has 0 spiro atoms. The van der Waals surface area contributed by atoms with Gasteiger partial charge in [0.25, 0.3) is 10.0 Å². The quantitative estimate of drug-likeness (QED) is 0.458. The highest BCUT2D eigenvalue weighted by molar-refractivity contribution is 7.90. The Morgan fingerprint density at radius 1 is 1.16 bits per heavy atom. The van der Waals surface area contributed by atoms with Crippen LogP contribution >= 0.6 is 0 Å². The topological polar surface area (TPSA) is 73.0 Å². The van der Waals surface area contributed by atoms with Crippen molar-refractivity contribution in [1.82, 2.24) is 23.4 Å². The van der Waals surface area contributed by atoms with Crippen molar-refractivity contribution in [3.8, 4) is 0 Å². The van der Waals surface area contributed by atoms with Gasteiger partial charge in [-0.3, -0.25) is 0 Å². The van der Waals surface area contributed by atoms with E-state index < -0.39 is 16.2 Å². The van der Waals surface area contributed by atoms with E-state index in [0.29, 0.717) is 35.9 Å². The molecule has 0 saturated carbocycles. The van der Waals surface area contributed by atoms with Gasteiger partial charge in [0.15, 0.2) is 5.65 Å². The number of imidazole rings is 1. The molecule has 0 radical (unpaired) electrons. The molecule has 4 aromatic rings. The van der Waals surface area contributed by atoms with Crippen molar-refractivity contribution in [2.24, 2.45) is 0 Å². The first-order valence-electron chi connectivity index (χ1n) is 11.0. The number of fused-ring (bicyclic) bond motifs is 3. The maximum absolute atomic E-state index is 15.3. The molecular weight excluding hydrogens is 429 g/mol. The lowest BCUT2D eigenvalue weighted by atomic mass is 10.0. The Hall–Kier alpha value is -2.78. The molecule has 3 aromatic heterocycles. The summed E-state index contributed by atoms with van der Waals surface area (Å²) in [6.45, 7) is 6.08. The van der Waals surface area contributed by atoms with Crippen LogP contribution in [-0.2, 0) is 16.4 Å². The largest absolute Gasteiger partial charge is 0.321 e. The summed E-state index contributed by atoms with van der Waals surface area (Å²) >= 11 is 0. The van der Waals surface area contributed by atoms with Gasteiger partial charge in [-0.2, -0.15) is 0 Å². The second-order valence-electron chi connectivity index (χ2n) is 8.18. The molecule has 9 heteroatoms. The monoisotopic (exact) mass is 455 g/mol. The van der Waals surface area contributed by atoms with Crippen LogP contribution in [0.15, 0.2) is 53.7 Å². The van der Waals surface area contributed by atoms with E-state index in [1.807, 2.05) is 18.4 Å². The van der Waals surface area contributed by atoms with E-state index in [0.717, 1.165) is 24.4 Å². The molecule has 168 valence electrons. The molecule has 0 aliphatic carbocycles. The number of likely N-dealkylation sites (tertiary alicyclic amines) is 1. The molecule has 2 atom stereocenters. The lowest BCUT2D eigenvalue weighted by Gasteiger charge is -2.35. The SMILES string of the molecule is CCc1nc2cnc3c(ccn3S(=O)(=O)c3ccccc3)c2n1[C@@H]1CCN(CC)C[C@@H]1F. The molecule has 1 saturated heterocycles. The van der Waals surface area contributed by atoms with Gasteiger partial charge < -0.3 is 9.47 Å². The number of benzene rings is 1. The molecule has 1 fully saturated rings. The Bertz CT molecular complexity index is 1380. The molecule has 1 aromatic carbocycles. The smallest absolute Gasteiger partial charge is 0.269 e. The average molecular weight is 456 g/mol. The molecule has 32 heavy (non-hydrogen) atoms. The molecule has 4 heterocycles. The van der Waals surface area contributed by atoms with E-state index in [-0.39, 0.29) is 10.9 Å². The van der Waals surface area contributed by atoms with Crippen LogP contribution in [0.2, 0.25) is 0 Å². The second-order valence-corrected chi connectivity index (χ2v) is 9.99. The normalized spacial score (nSPS) is 20.3. The van der Waals surface area contributed by atoms with Crippen LogP contribution in [0.3, 0.4) is 0 Å². The van der Waals surface area contributed by atoms with Crippen LogP contribution in [0.25, 0.3) is 22.1 Å². The number of nitrogens with zero attached hydrogens (tertiary/aromatic N) is 5. The zero-order chi connectivity index (χ0) is 22.5. The number of aromatic nitrogens is 4. The van der Waals surface area contributed by atoms with Crippen molar-refractivity contribution in [3.63, 3.8) is 0 Å². The molecule has 0 bridgehead atoms. The number of rotatable bonds is 5. The summed E-state index contributed by atoms with van der Waals surface area (Å²) < 4.78 is 45.0. The average Bonchev–Trinajstić information content (AvgIpc) is 3.41. The maximum atomic E-state index is 15.3. The molecule has 7 nitrogen and oxygen atoms in total. The highest BCUT2D eigenvalue weighted by atomic mass is 32.2. The third-order valence-corrected chi connectivity index (χ3v) is 8.07. The number of alkyl halides is 1. The Morgan fingerprint density at radius 2 is 1.94 bits per heavy atom. The van der Waals surface area contributed by atoms with Gasteiger partial charge >= 0.3 is 0 Å². The van der Waals surface area contributed by atoms with Crippen LogP contribution in [0.1, 0.15) is 32.1 Å². The van der Waals surface area contributed by atoms with Crippen molar-refractivity contribution >= 4 is 32.1 Å². The predicted octanol–water partition coefficient (Wildman–Crippen LogP) is 3.79. The minimum absolute atomic E-state index is 0.193. The third-order valence-electron chi connectivity index (χ3n) is 6.39. The lowest BCUT2D eigenvalue weighted by molar-refractivity contribution is 0.0940. The summed E-state index contributed by atoms with van der Waals surface area (Å²) in [4.78, 5) is 11.5. The Balaban J connectivity index is 1.70. The van der Waals surface area contributed by atoms with Crippen LogP contribution in [0.4, 0.5) is 4.39 Å². The standard InChI is InChI=1S/C23H26FN5O2S/c1-3-21-26-19-14-25-23-17(10-13-28(23)32(30,31)16-8-6-5-7-9-16)22(19)29(21)20-11-12-27(4-2)15-18(20)24/h5-10,13-14,18,20H,3-4,11-12,15H2,1-2H3/t18-,20+/m0/s1. The molecule has 1 aliphatic rings. The second kappa shape index (κ2) is 7.97. The van der Waals surface area contributed by atoms with Gasteiger partial charge in [0.2, 0.25) is 0 Å². The van der Waals surface area contributed by atoms with Gasteiger partial charge in [-0.15, -0.1) is 0 Å². The summed E-state index contributed by atoms with van der Waals surface area (Å²) in [5.41, 5.74) is 1.74. The van der Waals surface area contributed by atoms with E-state index >= 15 is 4.39 Å². The number of piperidine rings is 1. The number of halogens is 1. The minimum Gasteiger partial charge on any atom is -0.321 e. The van der Waals surface area contributed by atoms with Gasteiger partial charge in [0, 0.05) is 31.1 Å². The first-order chi connectivity index (χ1) is 15.5.